The van der Waals surface area contributed by atoms with Crippen LogP contribution in [0.5, 0.6) is 5.75 Å². The Hall–Kier alpha value is -3.41. The van der Waals surface area contributed by atoms with Crippen molar-refractivity contribution in [2.24, 2.45) is 0 Å². The van der Waals surface area contributed by atoms with Gasteiger partial charge in [0.15, 0.2) is 0 Å². The van der Waals surface area contributed by atoms with Gasteiger partial charge < -0.3 is 4.74 Å². The number of fused-ring (bicyclic) bond motifs is 1. The Bertz CT molecular complexity index is 875. The highest BCUT2D eigenvalue weighted by molar-refractivity contribution is 5.88. The van der Waals surface area contributed by atoms with Crippen molar-refractivity contribution >= 4 is 28.2 Å². The number of nitrogens with zero attached hydrogens (tertiary/aromatic N) is 1. The summed E-state index contributed by atoms with van der Waals surface area (Å²) in [6.07, 6.45) is -0.658. The number of benzene rings is 3. The van der Waals surface area contributed by atoms with Crippen LogP contribution in [0.2, 0.25) is 0 Å². The second-order valence-electron chi connectivity index (χ2n) is 4.83. The Morgan fingerprint density at radius 3 is 2.35 bits per heavy atom. The summed E-state index contributed by atoms with van der Waals surface area (Å²) in [6, 6.07) is 18.6. The lowest BCUT2D eigenvalue weighted by Crippen LogP contribution is -2.16. The van der Waals surface area contributed by atoms with Gasteiger partial charge in [-0.25, -0.2) is 4.79 Å². The molecule has 114 valence electrons. The quantitative estimate of drug-likeness (QED) is 0.575. The zero-order valence-corrected chi connectivity index (χ0v) is 11.9. The van der Waals surface area contributed by atoms with Crippen LogP contribution in [0.15, 0.2) is 66.7 Å². The third-order valence-electron chi connectivity index (χ3n) is 3.26. The zero-order valence-electron chi connectivity index (χ0n) is 11.9. The fraction of sp³-hybridized carbons (Fsp3) is 0. The van der Waals surface area contributed by atoms with Gasteiger partial charge in [0, 0.05) is 17.8 Å². The van der Waals surface area contributed by atoms with Gasteiger partial charge in [-0.05, 0) is 35.0 Å². The highest BCUT2D eigenvalue weighted by Gasteiger charge is 2.08. The van der Waals surface area contributed by atoms with Crippen LogP contribution < -0.4 is 10.1 Å². The lowest BCUT2D eigenvalue weighted by atomic mass is 10.1. The minimum absolute atomic E-state index is 0.0431. The first kappa shape index (κ1) is 14.5. The smallest absolute Gasteiger partial charge is 0.410 e. The van der Waals surface area contributed by atoms with E-state index in [9.17, 15) is 14.9 Å². The number of anilines is 1. The van der Waals surface area contributed by atoms with Gasteiger partial charge in [0.1, 0.15) is 5.75 Å². The van der Waals surface area contributed by atoms with Crippen molar-refractivity contribution in [1.29, 1.82) is 0 Å². The van der Waals surface area contributed by atoms with Gasteiger partial charge >= 0.3 is 6.09 Å². The average Bonchev–Trinajstić information content (AvgIpc) is 2.55. The Morgan fingerprint density at radius 1 is 0.957 bits per heavy atom. The second kappa shape index (κ2) is 6.15. The van der Waals surface area contributed by atoms with Gasteiger partial charge in [-0.15, -0.1) is 0 Å². The Kier molecular flexibility index (Phi) is 3.88. The molecule has 0 atom stereocenters. The monoisotopic (exact) mass is 308 g/mol. The summed E-state index contributed by atoms with van der Waals surface area (Å²) in [6.45, 7) is 0. The third-order valence-corrected chi connectivity index (χ3v) is 3.26. The summed E-state index contributed by atoms with van der Waals surface area (Å²) in [4.78, 5) is 21.9. The van der Waals surface area contributed by atoms with Crippen molar-refractivity contribution in [1.82, 2.24) is 0 Å². The molecular weight excluding hydrogens is 296 g/mol. The van der Waals surface area contributed by atoms with E-state index in [-0.39, 0.29) is 5.69 Å². The number of carbonyl (C=O) groups excluding carboxylic acids is 1. The first-order valence-corrected chi connectivity index (χ1v) is 6.84. The van der Waals surface area contributed by atoms with E-state index in [1.165, 1.54) is 24.3 Å². The number of amides is 1. The lowest BCUT2D eigenvalue weighted by molar-refractivity contribution is -0.384. The molecule has 23 heavy (non-hydrogen) atoms. The molecule has 0 unspecified atom stereocenters. The van der Waals surface area contributed by atoms with Crippen molar-refractivity contribution in [3.8, 4) is 5.75 Å². The molecule has 6 heteroatoms. The largest absolute Gasteiger partial charge is 0.417 e. The molecule has 1 amide bonds. The standard InChI is InChI=1S/C17H12N2O4/c20-17(18-14-6-8-15(9-7-14)19(21)22)23-16-10-5-12-3-1-2-4-13(12)11-16/h1-11H,(H,18,20). The van der Waals surface area contributed by atoms with Crippen LogP contribution in [0, 0.1) is 10.1 Å². The highest BCUT2D eigenvalue weighted by atomic mass is 16.6. The molecule has 0 aliphatic rings. The topological polar surface area (TPSA) is 81.5 Å². The normalized spacial score (nSPS) is 10.3. The van der Waals surface area contributed by atoms with Crippen LogP contribution in [-0.2, 0) is 0 Å². The number of nitrogens with one attached hydrogen (secondary N) is 1. The van der Waals surface area contributed by atoms with E-state index >= 15 is 0 Å². The molecule has 1 N–H and O–H groups in total. The Morgan fingerprint density at radius 2 is 1.65 bits per heavy atom. The summed E-state index contributed by atoms with van der Waals surface area (Å²) in [5.41, 5.74) is 0.375. The van der Waals surface area contributed by atoms with Crippen LogP contribution in [-0.4, -0.2) is 11.0 Å². The number of nitro groups is 1. The zero-order chi connectivity index (χ0) is 16.2. The van der Waals surface area contributed by atoms with E-state index in [0.29, 0.717) is 11.4 Å². The van der Waals surface area contributed by atoms with Gasteiger partial charge in [-0.2, -0.15) is 0 Å². The van der Waals surface area contributed by atoms with Gasteiger partial charge in [-0.3, -0.25) is 15.4 Å². The Balaban J connectivity index is 1.69. The van der Waals surface area contributed by atoms with Gasteiger partial charge in [0.2, 0.25) is 0 Å². The highest BCUT2D eigenvalue weighted by Crippen LogP contribution is 2.21. The first-order chi connectivity index (χ1) is 11.1. The maximum atomic E-state index is 11.9. The van der Waals surface area contributed by atoms with Crippen molar-refractivity contribution in [3.05, 3.63) is 76.8 Å². The summed E-state index contributed by atoms with van der Waals surface area (Å²) in [5.74, 6) is 0.420. The van der Waals surface area contributed by atoms with E-state index in [4.69, 9.17) is 4.74 Å². The summed E-state index contributed by atoms with van der Waals surface area (Å²) in [5, 5.41) is 15.1. The predicted octanol–water partition coefficient (Wildman–Crippen LogP) is 4.36. The molecule has 0 spiro atoms. The molecule has 0 fully saturated rings. The van der Waals surface area contributed by atoms with E-state index < -0.39 is 11.0 Å². The van der Waals surface area contributed by atoms with Crippen molar-refractivity contribution in [3.63, 3.8) is 0 Å². The van der Waals surface area contributed by atoms with E-state index in [2.05, 4.69) is 5.32 Å². The van der Waals surface area contributed by atoms with Crippen molar-refractivity contribution in [2.45, 2.75) is 0 Å². The van der Waals surface area contributed by atoms with Crippen molar-refractivity contribution < 1.29 is 14.5 Å². The maximum Gasteiger partial charge on any atom is 0.417 e. The van der Waals surface area contributed by atoms with E-state index in [0.717, 1.165) is 10.8 Å². The molecule has 0 radical (unpaired) electrons. The molecule has 6 nitrogen and oxygen atoms in total. The van der Waals surface area contributed by atoms with E-state index in [1.807, 2.05) is 30.3 Å². The minimum Gasteiger partial charge on any atom is -0.410 e. The number of hydrogen-bond donors (Lipinski definition) is 1. The first-order valence-electron chi connectivity index (χ1n) is 6.84. The third kappa shape index (κ3) is 3.44. The van der Waals surface area contributed by atoms with Crippen LogP contribution in [0.25, 0.3) is 10.8 Å². The van der Waals surface area contributed by atoms with Crippen LogP contribution >= 0.6 is 0 Å². The second-order valence-corrected chi connectivity index (χ2v) is 4.83. The average molecular weight is 308 g/mol. The molecule has 3 aromatic rings. The molecule has 0 aliphatic carbocycles. The molecule has 0 saturated heterocycles. The molecular formula is C17H12N2O4. The van der Waals surface area contributed by atoms with Crippen LogP contribution in [0.1, 0.15) is 0 Å². The lowest BCUT2D eigenvalue weighted by Gasteiger charge is -2.07. The van der Waals surface area contributed by atoms with E-state index in [1.54, 1.807) is 12.1 Å². The number of hydrogen-bond acceptors (Lipinski definition) is 4. The molecule has 0 bridgehead atoms. The molecule has 0 saturated carbocycles. The summed E-state index contributed by atoms with van der Waals surface area (Å²) < 4.78 is 5.22. The molecule has 3 aromatic carbocycles. The molecule has 0 aliphatic heterocycles. The SMILES string of the molecule is O=C(Nc1ccc([N+](=O)[O-])cc1)Oc1ccc2ccccc2c1. The van der Waals surface area contributed by atoms with Crippen LogP contribution in [0.3, 0.4) is 0 Å². The predicted molar refractivity (Wildman–Crippen MR) is 86.7 cm³/mol. The van der Waals surface area contributed by atoms with Gasteiger partial charge in [-0.1, -0.05) is 30.3 Å². The van der Waals surface area contributed by atoms with Gasteiger partial charge in [0.05, 0.1) is 4.92 Å². The van der Waals surface area contributed by atoms with Crippen LogP contribution in [0.4, 0.5) is 16.2 Å². The van der Waals surface area contributed by atoms with Crippen molar-refractivity contribution in [2.75, 3.05) is 5.32 Å². The summed E-state index contributed by atoms with van der Waals surface area (Å²) >= 11 is 0. The number of non-ortho nitro benzene ring substituents is 1. The summed E-state index contributed by atoms with van der Waals surface area (Å²) in [7, 11) is 0. The number of ether oxygens (including phenoxy) is 1. The number of carbonyl (C=O) groups is 1. The number of rotatable bonds is 3. The fourth-order valence-corrected chi connectivity index (χ4v) is 2.15. The van der Waals surface area contributed by atoms with Gasteiger partial charge in [0.25, 0.3) is 5.69 Å². The number of nitro benzene ring substituents is 1. The fourth-order valence-electron chi connectivity index (χ4n) is 2.15. The molecule has 0 aromatic heterocycles. The molecule has 0 heterocycles. The molecule has 3 rings (SSSR count). The Labute approximate surface area is 131 Å². The minimum atomic E-state index is -0.658. The maximum absolute atomic E-state index is 11.9.